The lowest BCUT2D eigenvalue weighted by Crippen LogP contribution is -2.26. The van der Waals surface area contributed by atoms with Crippen molar-refractivity contribution in [3.63, 3.8) is 0 Å². The van der Waals surface area contributed by atoms with Gasteiger partial charge in [0.2, 0.25) is 0 Å². The van der Waals surface area contributed by atoms with Crippen molar-refractivity contribution in [2.24, 2.45) is 11.8 Å². The first kappa shape index (κ1) is 8.52. The summed E-state index contributed by atoms with van der Waals surface area (Å²) in [6, 6.07) is 0. The maximum absolute atomic E-state index is 5.75. The standard InChI is InChI=1S/C10H18O2/c1-8(2)9-6-10(12-7-9)4-3-5-11-10/h8-9H,3-7H2,1-2H3/t9?,10-/m0/s1. The molecule has 2 aliphatic heterocycles. The summed E-state index contributed by atoms with van der Waals surface area (Å²) in [5.41, 5.74) is 0. The summed E-state index contributed by atoms with van der Waals surface area (Å²) in [6.45, 7) is 6.33. The second-order valence-electron chi connectivity index (χ2n) is 4.38. The molecule has 0 amide bonds. The fraction of sp³-hybridized carbons (Fsp3) is 1.00. The average molecular weight is 170 g/mol. The smallest absolute Gasteiger partial charge is 0.168 e. The van der Waals surface area contributed by atoms with E-state index in [1.54, 1.807) is 0 Å². The van der Waals surface area contributed by atoms with Gasteiger partial charge < -0.3 is 9.47 Å². The second-order valence-corrected chi connectivity index (χ2v) is 4.38. The van der Waals surface area contributed by atoms with Crippen LogP contribution in [-0.2, 0) is 9.47 Å². The summed E-state index contributed by atoms with van der Waals surface area (Å²) < 4.78 is 11.4. The van der Waals surface area contributed by atoms with Gasteiger partial charge in [-0.05, 0) is 18.3 Å². The van der Waals surface area contributed by atoms with Crippen molar-refractivity contribution in [2.45, 2.75) is 38.9 Å². The predicted octanol–water partition coefficient (Wildman–Crippen LogP) is 2.19. The van der Waals surface area contributed by atoms with E-state index in [4.69, 9.17) is 9.47 Å². The Morgan fingerprint density at radius 3 is 2.67 bits per heavy atom. The zero-order chi connectivity index (χ0) is 8.60. The van der Waals surface area contributed by atoms with E-state index < -0.39 is 0 Å². The average Bonchev–Trinajstić information content (AvgIpc) is 2.62. The number of hydrogen-bond acceptors (Lipinski definition) is 2. The van der Waals surface area contributed by atoms with Crippen LogP contribution in [0.2, 0.25) is 0 Å². The SMILES string of the molecule is CC(C)C1CO[C@@]2(CCCO2)C1. The van der Waals surface area contributed by atoms with E-state index in [2.05, 4.69) is 13.8 Å². The van der Waals surface area contributed by atoms with Crippen molar-refractivity contribution in [3.8, 4) is 0 Å². The molecule has 0 bridgehead atoms. The molecule has 0 aromatic heterocycles. The Kier molecular flexibility index (Phi) is 2.13. The lowest BCUT2D eigenvalue weighted by Gasteiger charge is -2.21. The van der Waals surface area contributed by atoms with Crippen molar-refractivity contribution in [1.29, 1.82) is 0 Å². The highest BCUT2D eigenvalue weighted by Gasteiger charge is 2.44. The first-order chi connectivity index (χ1) is 5.72. The third-order valence-electron chi connectivity index (χ3n) is 3.14. The largest absolute Gasteiger partial charge is 0.350 e. The molecule has 0 N–H and O–H groups in total. The van der Waals surface area contributed by atoms with Gasteiger partial charge in [0.1, 0.15) is 0 Å². The molecule has 0 aromatic carbocycles. The zero-order valence-corrected chi connectivity index (χ0v) is 8.01. The molecule has 0 aliphatic carbocycles. The highest BCUT2D eigenvalue weighted by atomic mass is 16.7. The highest BCUT2D eigenvalue weighted by molar-refractivity contribution is 4.85. The fourth-order valence-electron chi connectivity index (χ4n) is 2.15. The Morgan fingerprint density at radius 1 is 1.33 bits per heavy atom. The number of hydrogen-bond donors (Lipinski definition) is 0. The molecule has 2 heterocycles. The van der Waals surface area contributed by atoms with Crippen LogP contribution in [0.1, 0.15) is 33.1 Å². The van der Waals surface area contributed by atoms with Gasteiger partial charge in [0.05, 0.1) is 13.2 Å². The lowest BCUT2D eigenvalue weighted by atomic mass is 9.91. The van der Waals surface area contributed by atoms with E-state index in [0.717, 1.165) is 32.0 Å². The molecule has 0 radical (unpaired) electrons. The molecular weight excluding hydrogens is 152 g/mol. The van der Waals surface area contributed by atoms with Crippen LogP contribution in [0.25, 0.3) is 0 Å². The number of rotatable bonds is 1. The van der Waals surface area contributed by atoms with E-state index in [1.807, 2.05) is 0 Å². The van der Waals surface area contributed by atoms with Crippen molar-refractivity contribution >= 4 is 0 Å². The van der Waals surface area contributed by atoms with Crippen molar-refractivity contribution in [3.05, 3.63) is 0 Å². The lowest BCUT2D eigenvalue weighted by molar-refractivity contribution is -0.178. The minimum atomic E-state index is -0.158. The van der Waals surface area contributed by atoms with Gasteiger partial charge in [-0.3, -0.25) is 0 Å². The summed E-state index contributed by atoms with van der Waals surface area (Å²) >= 11 is 0. The van der Waals surface area contributed by atoms with E-state index in [9.17, 15) is 0 Å². The van der Waals surface area contributed by atoms with Crippen LogP contribution in [0.15, 0.2) is 0 Å². The van der Waals surface area contributed by atoms with Gasteiger partial charge in [0.15, 0.2) is 5.79 Å². The molecule has 2 fully saturated rings. The first-order valence-electron chi connectivity index (χ1n) is 5.00. The first-order valence-corrected chi connectivity index (χ1v) is 5.00. The molecule has 2 heteroatoms. The Morgan fingerprint density at radius 2 is 2.17 bits per heavy atom. The molecule has 2 atom stereocenters. The Labute approximate surface area is 74.2 Å². The van der Waals surface area contributed by atoms with Gasteiger partial charge in [-0.15, -0.1) is 0 Å². The molecule has 1 unspecified atom stereocenters. The van der Waals surface area contributed by atoms with Crippen LogP contribution in [0, 0.1) is 11.8 Å². The Hall–Kier alpha value is -0.0800. The van der Waals surface area contributed by atoms with Gasteiger partial charge in [0.25, 0.3) is 0 Å². The summed E-state index contributed by atoms with van der Waals surface area (Å²) in [5.74, 6) is 1.28. The van der Waals surface area contributed by atoms with Crippen molar-refractivity contribution in [2.75, 3.05) is 13.2 Å². The molecular formula is C10H18O2. The van der Waals surface area contributed by atoms with Gasteiger partial charge in [-0.25, -0.2) is 0 Å². The molecule has 2 nitrogen and oxygen atoms in total. The topological polar surface area (TPSA) is 18.5 Å². The van der Waals surface area contributed by atoms with Gasteiger partial charge in [0, 0.05) is 12.8 Å². The molecule has 70 valence electrons. The minimum Gasteiger partial charge on any atom is -0.350 e. The van der Waals surface area contributed by atoms with Gasteiger partial charge >= 0.3 is 0 Å². The Balaban J connectivity index is 1.96. The summed E-state index contributed by atoms with van der Waals surface area (Å²) in [4.78, 5) is 0. The summed E-state index contributed by atoms with van der Waals surface area (Å²) in [7, 11) is 0. The molecule has 2 aliphatic rings. The summed E-state index contributed by atoms with van der Waals surface area (Å²) in [5, 5.41) is 0. The second kappa shape index (κ2) is 3.00. The van der Waals surface area contributed by atoms with E-state index in [-0.39, 0.29) is 5.79 Å². The molecule has 12 heavy (non-hydrogen) atoms. The monoisotopic (exact) mass is 170 g/mol. The minimum absolute atomic E-state index is 0.158. The van der Waals surface area contributed by atoms with E-state index in [0.29, 0.717) is 5.92 Å². The van der Waals surface area contributed by atoms with Gasteiger partial charge in [-0.2, -0.15) is 0 Å². The number of ether oxygens (including phenoxy) is 2. The molecule has 0 aromatic rings. The van der Waals surface area contributed by atoms with Crippen molar-refractivity contribution < 1.29 is 9.47 Å². The molecule has 2 saturated heterocycles. The maximum atomic E-state index is 5.75. The fourth-order valence-corrected chi connectivity index (χ4v) is 2.15. The van der Waals surface area contributed by atoms with Gasteiger partial charge in [-0.1, -0.05) is 13.8 Å². The molecule has 0 saturated carbocycles. The van der Waals surface area contributed by atoms with Crippen LogP contribution in [0.3, 0.4) is 0 Å². The van der Waals surface area contributed by atoms with Crippen LogP contribution in [0.4, 0.5) is 0 Å². The zero-order valence-electron chi connectivity index (χ0n) is 8.01. The molecule has 1 spiro atoms. The third-order valence-corrected chi connectivity index (χ3v) is 3.14. The highest BCUT2D eigenvalue weighted by Crippen LogP contribution is 2.41. The normalized spacial score (nSPS) is 41.8. The quantitative estimate of drug-likeness (QED) is 0.600. The van der Waals surface area contributed by atoms with E-state index in [1.165, 1.54) is 6.42 Å². The van der Waals surface area contributed by atoms with Crippen molar-refractivity contribution in [1.82, 2.24) is 0 Å². The third kappa shape index (κ3) is 1.38. The van der Waals surface area contributed by atoms with Crippen LogP contribution >= 0.6 is 0 Å². The molecule has 2 rings (SSSR count). The summed E-state index contributed by atoms with van der Waals surface area (Å²) in [6.07, 6.45) is 3.39. The Bertz CT molecular complexity index is 159. The van der Waals surface area contributed by atoms with E-state index >= 15 is 0 Å². The van der Waals surface area contributed by atoms with Crippen LogP contribution in [-0.4, -0.2) is 19.0 Å². The maximum Gasteiger partial charge on any atom is 0.168 e. The predicted molar refractivity (Wildman–Crippen MR) is 46.8 cm³/mol. The van der Waals surface area contributed by atoms with Crippen LogP contribution in [0.5, 0.6) is 0 Å². The van der Waals surface area contributed by atoms with Crippen LogP contribution < -0.4 is 0 Å².